The second-order valence-electron chi connectivity index (χ2n) is 10.6. The minimum Gasteiger partial charge on any atom is -0.508 e. The molecule has 0 bridgehead atoms. The number of amides is 1. The van der Waals surface area contributed by atoms with Crippen molar-refractivity contribution in [2.75, 3.05) is 26.2 Å². The van der Waals surface area contributed by atoms with E-state index < -0.39 is 0 Å². The molecule has 0 spiro atoms. The van der Waals surface area contributed by atoms with E-state index in [-0.39, 0.29) is 46.3 Å². The summed E-state index contributed by atoms with van der Waals surface area (Å²) in [7, 11) is 0. The number of hydrogen-bond donors (Lipinski definition) is 1. The van der Waals surface area contributed by atoms with Crippen LogP contribution in [0.4, 0.5) is 8.78 Å². The summed E-state index contributed by atoms with van der Waals surface area (Å²) in [6, 6.07) is 15.6. The van der Waals surface area contributed by atoms with E-state index in [9.17, 15) is 18.7 Å². The highest BCUT2D eigenvalue weighted by Crippen LogP contribution is 2.42. The smallest absolute Gasteiger partial charge is 0.292 e. The van der Waals surface area contributed by atoms with Gasteiger partial charge in [0.25, 0.3) is 5.91 Å². The van der Waals surface area contributed by atoms with Crippen LogP contribution in [0.5, 0.6) is 17.2 Å². The maximum Gasteiger partial charge on any atom is 0.292 e. The first-order valence-electron chi connectivity index (χ1n) is 12.6. The monoisotopic (exact) mass is 520 g/mol. The molecule has 2 aliphatic heterocycles. The molecule has 0 saturated carbocycles. The molecule has 198 valence electrons. The zero-order valence-corrected chi connectivity index (χ0v) is 21.6. The molecule has 0 aromatic heterocycles. The highest BCUT2D eigenvalue weighted by atomic mass is 19.1. The molecule has 1 amide bonds. The zero-order chi connectivity index (χ0) is 27.0. The third-order valence-corrected chi connectivity index (χ3v) is 6.93. The van der Waals surface area contributed by atoms with Crippen LogP contribution in [-0.2, 0) is 10.2 Å². The molecule has 2 heterocycles. The van der Waals surface area contributed by atoms with Gasteiger partial charge in [-0.15, -0.1) is 0 Å². The first-order valence-corrected chi connectivity index (χ1v) is 12.6. The third kappa shape index (κ3) is 5.22. The van der Waals surface area contributed by atoms with Gasteiger partial charge >= 0.3 is 0 Å². The van der Waals surface area contributed by atoms with Crippen molar-refractivity contribution in [3.05, 3.63) is 101 Å². The van der Waals surface area contributed by atoms with Crippen LogP contribution in [0.3, 0.4) is 0 Å². The van der Waals surface area contributed by atoms with E-state index in [4.69, 9.17) is 9.47 Å². The Morgan fingerprint density at radius 1 is 0.868 bits per heavy atom. The van der Waals surface area contributed by atoms with Crippen molar-refractivity contribution in [3.8, 4) is 17.2 Å². The molecule has 2 aliphatic rings. The lowest BCUT2D eigenvalue weighted by molar-refractivity contribution is -0.131. The number of piperazine rings is 1. The van der Waals surface area contributed by atoms with Crippen LogP contribution in [0.1, 0.15) is 43.5 Å². The van der Waals surface area contributed by atoms with Crippen LogP contribution in [-0.4, -0.2) is 47.0 Å². The van der Waals surface area contributed by atoms with Crippen molar-refractivity contribution in [1.82, 2.24) is 9.80 Å². The SMILES string of the molecule is CC(C)(C)c1cc2c(cc1O)OC(C(=O)N1CCN(C(c3ccc(F)cc3)c3ccc(F)cc3)CC1)=CO2. The number of halogens is 2. The van der Waals surface area contributed by atoms with E-state index in [1.54, 1.807) is 35.2 Å². The number of aromatic hydroxyl groups is 1. The van der Waals surface area contributed by atoms with Gasteiger partial charge in [-0.1, -0.05) is 45.0 Å². The van der Waals surface area contributed by atoms with Crippen molar-refractivity contribution in [2.24, 2.45) is 0 Å². The van der Waals surface area contributed by atoms with Crippen LogP contribution in [0.2, 0.25) is 0 Å². The predicted molar refractivity (Wildman–Crippen MR) is 139 cm³/mol. The lowest BCUT2D eigenvalue weighted by atomic mass is 9.86. The molecule has 3 aromatic rings. The van der Waals surface area contributed by atoms with Crippen LogP contribution in [0.25, 0.3) is 0 Å². The second kappa shape index (κ2) is 10.1. The van der Waals surface area contributed by atoms with Gasteiger partial charge in [-0.25, -0.2) is 8.78 Å². The number of phenolic OH excluding ortho intramolecular Hbond substituents is 1. The summed E-state index contributed by atoms with van der Waals surface area (Å²) in [6.07, 6.45) is 1.31. The lowest BCUT2D eigenvalue weighted by Gasteiger charge is -2.40. The van der Waals surface area contributed by atoms with E-state index in [1.165, 1.54) is 36.6 Å². The molecule has 1 saturated heterocycles. The largest absolute Gasteiger partial charge is 0.508 e. The van der Waals surface area contributed by atoms with E-state index in [1.807, 2.05) is 20.8 Å². The molecule has 0 atom stereocenters. The van der Waals surface area contributed by atoms with Crippen molar-refractivity contribution >= 4 is 5.91 Å². The summed E-state index contributed by atoms with van der Waals surface area (Å²) >= 11 is 0. The predicted octanol–water partition coefficient (Wildman–Crippen LogP) is 5.51. The first-order chi connectivity index (χ1) is 18.1. The number of carbonyl (C=O) groups is 1. The van der Waals surface area contributed by atoms with E-state index in [0.29, 0.717) is 31.9 Å². The maximum atomic E-state index is 13.6. The second-order valence-corrected chi connectivity index (χ2v) is 10.6. The van der Waals surface area contributed by atoms with E-state index in [0.717, 1.165) is 16.7 Å². The number of fused-ring (bicyclic) bond motifs is 1. The fourth-order valence-electron chi connectivity index (χ4n) is 4.92. The summed E-state index contributed by atoms with van der Waals surface area (Å²) in [6.45, 7) is 7.91. The Balaban J connectivity index is 1.29. The Morgan fingerprint density at radius 3 is 1.95 bits per heavy atom. The summed E-state index contributed by atoms with van der Waals surface area (Å²) < 4.78 is 38.8. The zero-order valence-electron chi connectivity index (χ0n) is 21.6. The number of rotatable bonds is 4. The number of benzene rings is 3. The van der Waals surface area contributed by atoms with Crippen LogP contribution >= 0.6 is 0 Å². The van der Waals surface area contributed by atoms with Gasteiger partial charge in [0.2, 0.25) is 5.76 Å². The highest BCUT2D eigenvalue weighted by Gasteiger charge is 2.32. The average molecular weight is 521 g/mol. The fourth-order valence-corrected chi connectivity index (χ4v) is 4.92. The molecule has 8 heteroatoms. The average Bonchev–Trinajstić information content (AvgIpc) is 2.89. The molecule has 5 rings (SSSR count). The number of carbonyl (C=O) groups excluding carboxylic acids is 1. The molecule has 1 fully saturated rings. The molecule has 6 nitrogen and oxygen atoms in total. The summed E-state index contributed by atoms with van der Waals surface area (Å²) in [5.41, 5.74) is 2.20. The van der Waals surface area contributed by atoms with E-state index >= 15 is 0 Å². The Hall–Kier alpha value is -3.91. The standard InChI is InChI=1S/C30H30F2N2O4/c1-30(2,3)23-16-25-26(17-24(23)35)38-27(18-37-25)29(36)34-14-12-33(13-15-34)28(19-4-8-21(31)9-5-19)20-6-10-22(32)11-7-20/h4-11,16-18,28,35H,12-15H2,1-3H3. The summed E-state index contributed by atoms with van der Waals surface area (Å²) in [4.78, 5) is 17.1. The quantitative estimate of drug-likeness (QED) is 0.491. The number of nitrogens with zero attached hydrogens (tertiary/aromatic N) is 2. The van der Waals surface area contributed by atoms with Crippen LogP contribution in [0.15, 0.2) is 72.7 Å². The number of hydrogen-bond acceptors (Lipinski definition) is 5. The first kappa shape index (κ1) is 25.7. The summed E-state index contributed by atoms with van der Waals surface area (Å²) in [5, 5.41) is 10.5. The normalized spacial score (nSPS) is 15.9. The molecule has 3 aromatic carbocycles. The van der Waals surface area contributed by atoms with Gasteiger partial charge in [-0.3, -0.25) is 9.69 Å². The molecule has 0 aliphatic carbocycles. The topological polar surface area (TPSA) is 62.2 Å². The minimum atomic E-state index is -0.325. The lowest BCUT2D eigenvalue weighted by Crippen LogP contribution is -2.50. The fraction of sp³-hybridized carbons (Fsp3) is 0.300. The molecule has 38 heavy (non-hydrogen) atoms. The van der Waals surface area contributed by atoms with Gasteiger partial charge in [0.15, 0.2) is 11.5 Å². The van der Waals surface area contributed by atoms with Gasteiger partial charge in [0.05, 0.1) is 6.04 Å². The molecule has 0 unspecified atom stereocenters. The van der Waals surface area contributed by atoms with Gasteiger partial charge < -0.3 is 19.5 Å². The molecule has 1 N–H and O–H groups in total. The Morgan fingerprint density at radius 2 is 1.42 bits per heavy atom. The maximum absolute atomic E-state index is 13.6. The van der Waals surface area contributed by atoms with Crippen molar-refractivity contribution in [3.63, 3.8) is 0 Å². The van der Waals surface area contributed by atoms with Gasteiger partial charge in [0, 0.05) is 37.8 Å². The number of phenols is 1. The minimum absolute atomic E-state index is 0.0440. The number of ether oxygens (including phenoxy) is 2. The molecular weight excluding hydrogens is 490 g/mol. The Kier molecular flexibility index (Phi) is 6.84. The van der Waals surface area contributed by atoms with Gasteiger partial charge in [-0.05, 0) is 46.9 Å². The van der Waals surface area contributed by atoms with Crippen molar-refractivity contribution < 1.29 is 28.2 Å². The van der Waals surface area contributed by atoms with Crippen molar-refractivity contribution in [1.29, 1.82) is 0 Å². The third-order valence-electron chi connectivity index (χ3n) is 6.93. The van der Waals surface area contributed by atoms with Gasteiger partial charge in [-0.2, -0.15) is 0 Å². The Bertz CT molecular complexity index is 1310. The summed E-state index contributed by atoms with van der Waals surface area (Å²) in [5.74, 6) is -0.112. The van der Waals surface area contributed by atoms with Gasteiger partial charge in [0.1, 0.15) is 23.6 Å². The van der Waals surface area contributed by atoms with Crippen molar-refractivity contribution in [2.45, 2.75) is 32.2 Å². The highest BCUT2D eigenvalue weighted by molar-refractivity contribution is 5.92. The molecular formula is C30H30F2N2O4. The van der Waals surface area contributed by atoms with Crippen LogP contribution < -0.4 is 9.47 Å². The Labute approximate surface area is 220 Å². The molecule has 0 radical (unpaired) electrons. The van der Waals surface area contributed by atoms with Crippen LogP contribution in [0, 0.1) is 11.6 Å². The van der Waals surface area contributed by atoms with E-state index in [2.05, 4.69) is 4.90 Å².